The van der Waals surface area contributed by atoms with Crippen LogP contribution in [0.1, 0.15) is 32.3 Å². The average Bonchev–Trinajstić information content (AvgIpc) is 2.25. The van der Waals surface area contributed by atoms with Crippen molar-refractivity contribution in [3.8, 4) is 0 Å². The van der Waals surface area contributed by atoms with Crippen LogP contribution in [-0.4, -0.2) is 34.8 Å². The molecule has 0 saturated carbocycles. The summed E-state index contributed by atoms with van der Waals surface area (Å²) in [5.41, 5.74) is 1.05. The summed E-state index contributed by atoms with van der Waals surface area (Å²) in [7, 11) is 1.84. The number of hydrogen-bond acceptors (Lipinski definition) is 5. The molecule has 1 heterocycles. The monoisotopic (exact) mass is 224 g/mol. The van der Waals surface area contributed by atoms with Gasteiger partial charge < -0.3 is 15.7 Å². The van der Waals surface area contributed by atoms with Gasteiger partial charge in [-0.2, -0.15) is 0 Å². The molecule has 0 saturated heterocycles. The van der Waals surface area contributed by atoms with E-state index in [1.54, 1.807) is 6.92 Å². The summed E-state index contributed by atoms with van der Waals surface area (Å²) in [6.45, 7) is 6.41. The van der Waals surface area contributed by atoms with Crippen LogP contribution in [-0.2, 0) is 0 Å². The maximum atomic E-state index is 9.25. The molecule has 0 bridgehead atoms. The number of nitrogens with zero attached hydrogens (tertiary/aromatic N) is 2. The molecule has 1 rings (SSSR count). The third kappa shape index (κ3) is 3.06. The Labute approximate surface area is 96.3 Å². The van der Waals surface area contributed by atoms with E-state index < -0.39 is 6.10 Å². The van der Waals surface area contributed by atoms with Crippen molar-refractivity contribution in [2.75, 3.05) is 24.2 Å². The van der Waals surface area contributed by atoms with Crippen molar-refractivity contribution >= 4 is 11.6 Å². The smallest absolute Gasteiger partial charge is 0.135 e. The van der Waals surface area contributed by atoms with Gasteiger partial charge >= 0.3 is 0 Å². The summed E-state index contributed by atoms with van der Waals surface area (Å²) >= 11 is 0. The van der Waals surface area contributed by atoms with Gasteiger partial charge in [0, 0.05) is 19.2 Å². The average molecular weight is 224 g/mol. The molecule has 1 atom stereocenters. The van der Waals surface area contributed by atoms with Gasteiger partial charge in [0.25, 0.3) is 0 Å². The lowest BCUT2D eigenvalue weighted by Crippen LogP contribution is -2.18. The van der Waals surface area contributed by atoms with Crippen LogP contribution in [0, 0.1) is 0 Å². The standard InChI is InChI=1S/C11H20N4O/c1-7(2)9-10(12-4)14-6-15-11(9)13-5-8(3)16/h6-8,16H,5H2,1-4H3,(H2,12,13,14,15). The van der Waals surface area contributed by atoms with Crippen LogP contribution >= 0.6 is 0 Å². The molecule has 1 aromatic rings. The summed E-state index contributed by atoms with van der Waals surface area (Å²) in [4.78, 5) is 8.39. The van der Waals surface area contributed by atoms with Crippen molar-refractivity contribution in [2.45, 2.75) is 32.8 Å². The van der Waals surface area contributed by atoms with Crippen LogP contribution in [0.5, 0.6) is 0 Å². The highest BCUT2D eigenvalue weighted by atomic mass is 16.3. The lowest BCUT2D eigenvalue weighted by molar-refractivity contribution is 0.208. The first kappa shape index (κ1) is 12.7. The Hall–Kier alpha value is -1.36. The summed E-state index contributed by atoms with van der Waals surface area (Å²) < 4.78 is 0. The first-order valence-corrected chi connectivity index (χ1v) is 5.50. The Morgan fingerprint density at radius 3 is 2.38 bits per heavy atom. The fraction of sp³-hybridized carbons (Fsp3) is 0.636. The number of aliphatic hydroxyl groups excluding tert-OH is 1. The maximum absolute atomic E-state index is 9.25. The lowest BCUT2D eigenvalue weighted by atomic mass is 10.0. The molecule has 3 N–H and O–H groups in total. The molecule has 90 valence electrons. The van der Waals surface area contributed by atoms with E-state index >= 15 is 0 Å². The molecule has 0 fully saturated rings. The fourth-order valence-electron chi connectivity index (χ4n) is 1.53. The van der Waals surface area contributed by atoms with Gasteiger partial charge in [-0.05, 0) is 12.8 Å². The second-order valence-electron chi connectivity index (χ2n) is 4.12. The summed E-state index contributed by atoms with van der Waals surface area (Å²) in [5.74, 6) is 1.94. The highest BCUT2D eigenvalue weighted by Gasteiger charge is 2.13. The highest BCUT2D eigenvalue weighted by molar-refractivity contribution is 5.58. The van der Waals surface area contributed by atoms with Crippen LogP contribution in [0.4, 0.5) is 11.6 Å². The van der Waals surface area contributed by atoms with Crippen LogP contribution < -0.4 is 10.6 Å². The molecule has 0 aliphatic carbocycles. The fourth-order valence-corrected chi connectivity index (χ4v) is 1.53. The van der Waals surface area contributed by atoms with E-state index in [2.05, 4.69) is 34.4 Å². The van der Waals surface area contributed by atoms with Gasteiger partial charge in [0.15, 0.2) is 0 Å². The SMILES string of the molecule is CNc1ncnc(NCC(C)O)c1C(C)C. The molecule has 0 aromatic carbocycles. The van der Waals surface area contributed by atoms with Crippen LogP contribution in [0.3, 0.4) is 0 Å². The Morgan fingerprint density at radius 2 is 1.88 bits per heavy atom. The largest absolute Gasteiger partial charge is 0.392 e. The lowest BCUT2D eigenvalue weighted by Gasteiger charge is -2.17. The molecule has 1 aromatic heterocycles. The molecule has 0 aliphatic heterocycles. The van der Waals surface area contributed by atoms with Gasteiger partial charge in [0.2, 0.25) is 0 Å². The molecular formula is C11H20N4O. The topological polar surface area (TPSA) is 70.1 Å². The van der Waals surface area contributed by atoms with E-state index in [4.69, 9.17) is 0 Å². The summed E-state index contributed by atoms with van der Waals surface area (Å²) in [6, 6.07) is 0. The van der Waals surface area contributed by atoms with E-state index in [1.165, 1.54) is 6.33 Å². The van der Waals surface area contributed by atoms with E-state index in [-0.39, 0.29) is 0 Å². The van der Waals surface area contributed by atoms with Gasteiger partial charge in [-0.25, -0.2) is 9.97 Å². The van der Waals surface area contributed by atoms with Crippen LogP contribution in [0.15, 0.2) is 6.33 Å². The Morgan fingerprint density at radius 1 is 1.25 bits per heavy atom. The van der Waals surface area contributed by atoms with Gasteiger partial charge in [0.05, 0.1) is 6.10 Å². The molecule has 0 radical (unpaired) electrons. The minimum atomic E-state index is -0.395. The molecule has 0 aliphatic rings. The van der Waals surface area contributed by atoms with Crippen molar-refractivity contribution in [3.63, 3.8) is 0 Å². The van der Waals surface area contributed by atoms with Crippen LogP contribution in [0.2, 0.25) is 0 Å². The number of aromatic nitrogens is 2. The Balaban J connectivity index is 2.97. The molecule has 5 heteroatoms. The van der Waals surface area contributed by atoms with Crippen molar-refractivity contribution in [3.05, 3.63) is 11.9 Å². The number of aliphatic hydroxyl groups is 1. The predicted octanol–water partition coefficient (Wildman–Crippen LogP) is 1.43. The molecule has 1 unspecified atom stereocenters. The quantitative estimate of drug-likeness (QED) is 0.706. The summed E-state index contributed by atoms with van der Waals surface area (Å²) in [6.07, 6.45) is 1.12. The van der Waals surface area contributed by atoms with Crippen molar-refractivity contribution in [2.24, 2.45) is 0 Å². The van der Waals surface area contributed by atoms with E-state index in [1.807, 2.05) is 7.05 Å². The zero-order chi connectivity index (χ0) is 12.1. The van der Waals surface area contributed by atoms with Gasteiger partial charge in [-0.3, -0.25) is 0 Å². The minimum Gasteiger partial charge on any atom is -0.392 e. The second kappa shape index (κ2) is 5.65. The van der Waals surface area contributed by atoms with Gasteiger partial charge in [-0.1, -0.05) is 13.8 Å². The third-order valence-electron chi connectivity index (χ3n) is 2.26. The normalized spacial score (nSPS) is 12.6. The minimum absolute atomic E-state index is 0.320. The molecular weight excluding hydrogens is 204 g/mol. The zero-order valence-corrected chi connectivity index (χ0v) is 10.3. The molecule has 0 amide bonds. The number of nitrogens with one attached hydrogen (secondary N) is 2. The molecule has 16 heavy (non-hydrogen) atoms. The maximum Gasteiger partial charge on any atom is 0.135 e. The predicted molar refractivity (Wildman–Crippen MR) is 65.8 cm³/mol. The van der Waals surface area contributed by atoms with Crippen molar-refractivity contribution in [1.29, 1.82) is 0 Å². The summed E-state index contributed by atoms with van der Waals surface area (Å²) in [5, 5.41) is 15.4. The number of rotatable bonds is 5. The zero-order valence-electron chi connectivity index (χ0n) is 10.3. The Bertz CT molecular complexity index is 339. The van der Waals surface area contributed by atoms with E-state index in [0.717, 1.165) is 17.2 Å². The third-order valence-corrected chi connectivity index (χ3v) is 2.26. The van der Waals surface area contributed by atoms with E-state index in [0.29, 0.717) is 12.5 Å². The first-order valence-electron chi connectivity index (χ1n) is 5.50. The number of anilines is 2. The highest BCUT2D eigenvalue weighted by Crippen LogP contribution is 2.27. The van der Waals surface area contributed by atoms with Crippen molar-refractivity contribution in [1.82, 2.24) is 9.97 Å². The van der Waals surface area contributed by atoms with Crippen molar-refractivity contribution < 1.29 is 5.11 Å². The Kier molecular flexibility index (Phi) is 4.49. The second-order valence-corrected chi connectivity index (χ2v) is 4.12. The van der Waals surface area contributed by atoms with Gasteiger partial charge in [0.1, 0.15) is 18.0 Å². The molecule has 0 spiro atoms. The van der Waals surface area contributed by atoms with Crippen LogP contribution in [0.25, 0.3) is 0 Å². The van der Waals surface area contributed by atoms with E-state index in [9.17, 15) is 5.11 Å². The first-order chi connectivity index (χ1) is 7.56. The van der Waals surface area contributed by atoms with Gasteiger partial charge in [-0.15, -0.1) is 0 Å². The number of hydrogen-bond donors (Lipinski definition) is 3. The molecule has 5 nitrogen and oxygen atoms in total.